The fraction of sp³-hybridized carbons (Fsp3) is 0.0556. The van der Waals surface area contributed by atoms with E-state index < -0.39 is 0 Å². The Bertz CT molecular complexity index is 1050. The number of aromatic amines is 2. The van der Waals surface area contributed by atoms with Crippen LogP contribution in [0.25, 0.3) is 22.2 Å². The first-order valence-corrected chi connectivity index (χ1v) is 7.69. The summed E-state index contributed by atoms with van der Waals surface area (Å²) in [5, 5.41) is 17.5. The third kappa shape index (κ3) is 2.72. The Morgan fingerprint density at radius 3 is 2.72 bits per heavy atom. The number of hydrogen-bond acceptors (Lipinski definition) is 4. The first kappa shape index (κ1) is 14.9. The maximum absolute atomic E-state index is 12.5. The van der Waals surface area contributed by atoms with Crippen molar-refractivity contribution in [3.8, 4) is 17.0 Å². The van der Waals surface area contributed by atoms with E-state index in [4.69, 9.17) is 4.74 Å². The van der Waals surface area contributed by atoms with Crippen molar-refractivity contribution in [1.29, 1.82) is 0 Å². The molecule has 0 aliphatic carbocycles. The summed E-state index contributed by atoms with van der Waals surface area (Å²) in [6.45, 7) is 0. The highest BCUT2D eigenvalue weighted by atomic mass is 16.5. The van der Waals surface area contributed by atoms with Gasteiger partial charge in [-0.05, 0) is 18.2 Å². The van der Waals surface area contributed by atoms with E-state index in [1.54, 1.807) is 13.2 Å². The number of nitrogens with zero attached hydrogens (tertiary/aromatic N) is 2. The summed E-state index contributed by atoms with van der Waals surface area (Å²) in [5.41, 5.74) is 2.75. The van der Waals surface area contributed by atoms with Crippen LogP contribution < -0.4 is 10.1 Å². The number of methoxy groups -OCH3 is 1. The molecular formula is C18H15N5O2. The first-order valence-electron chi connectivity index (χ1n) is 7.69. The molecule has 7 nitrogen and oxygen atoms in total. The number of anilines is 1. The summed E-state index contributed by atoms with van der Waals surface area (Å²) in [6, 6.07) is 16.8. The lowest BCUT2D eigenvalue weighted by atomic mass is 10.1. The van der Waals surface area contributed by atoms with Crippen LogP contribution in [-0.4, -0.2) is 33.4 Å². The molecule has 0 unspecified atom stereocenters. The number of benzene rings is 2. The van der Waals surface area contributed by atoms with E-state index in [0.717, 1.165) is 27.9 Å². The summed E-state index contributed by atoms with van der Waals surface area (Å²) in [7, 11) is 1.61. The molecule has 1 amide bonds. The van der Waals surface area contributed by atoms with Crippen molar-refractivity contribution in [1.82, 2.24) is 20.4 Å². The van der Waals surface area contributed by atoms with E-state index in [1.807, 2.05) is 48.5 Å². The minimum atomic E-state index is -0.324. The molecule has 2 aromatic heterocycles. The van der Waals surface area contributed by atoms with Gasteiger partial charge in [-0.1, -0.05) is 30.3 Å². The van der Waals surface area contributed by atoms with Gasteiger partial charge in [-0.3, -0.25) is 15.0 Å². The van der Waals surface area contributed by atoms with Crippen molar-refractivity contribution in [2.75, 3.05) is 12.4 Å². The molecule has 124 valence electrons. The third-order valence-electron chi connectivity index (χ3n) is 3.90. The molecule has 0 fully saturated rings. The van der Waals surface area contributed by atoms with E-state index in [-0.39, 0.29) is 5.91 Å². The molecule has 7 heteroatoms. The molecule has 2 heterocycles. The predicted molar refractivity (Wildman–Crippen MR) is 94.6 cm³/mol. The number of hydrogen-bond donors (Lipinski definition) is 3. The molecule has 0 aliphatic rings. The van der Waals surface area contributed by atoms with E-state index in [1.165, 1.54) is 0 Å². The monoisotopic (exact) mass is 333 g/mol. The molecule has 3 N–H and O–H groups in total. The predicted octanol–water partition coefficient (Wildman–Crippen LogP) is 3.21. The number of nitrogens with one attached hydrogen (secondary N) is 3. The molecule has 0 atom stereocenters. The largest absolute Gasteiger partial charge is 0.496 e. The lowest BCUT2D eigenvalue weighted by molar-refractivity contribution is 0.102. The molecule has 4 rings (SSSR count). The number of carbonyl (C=O) groups is 1. The zero-order valence-electron chi connectivity index (χ0n) is 13.4. The number of rotatable bonds is 4. The van der Waals surface area contributed by atoms with Crippen molar-refractivity contribution in [3.05, 3.63) is 60.3 Å². The second-order valence-corrected chi connectivity index (χ2v) is 5.44. The van der Waals surface area contributed by atoms with Crippen molar-refractivity contribution in [3.63, 3.8) is 0 Å². The SMILES string of the molecule is COc1ccccc1-c1cc(NC(=O)c2n[nH]c3ccccc23)n[nH]1. The maximum atomic E-state index is 12.5. The van der Waals surface area contributed by atoms with Crippen LogP contribution >= 0.6 is 0 Å². The smallest absolute Gasteiger partial charge is 0.278 e. The van der Waals surface area contributed by atoms with Crippen molar-refractivity contribution < 1.29 is 9.53 Å². The van der Waals surface area contributed by atoms with E-state index in [2.05, 4.69) is 25.7 Å². The summed E-state index contributed by atoms with van der Waals surface area (Å²) in [5.74, 6) is 0.816. The van der Waals surface area contributed by atoms with Gasteiger partial charge in [0, 0.05) is 17.0 Å². The quantitative estimate of drug-likeness (QED) is 0.534. The van der Waals surface area contributed by atoms with Crippen LogP contribution in [0.5, 0.6) is 5.75 Å². The van der Waals surface area contributed by atoms with Crippen molar-refractivity contribution >= 4 is 22.6 Å². The Kier molecular flexibility index (Phi) is 3.66. The van der Waals surface area contributed by atoms with Gasteiger partial charge in [0.1, 0.15) is 5.75 Å². The topological polar surface area (TPSA) is 95.7 Å². The van der Waals surface area contributed by atoms with Crippen LogP contribution in [0.4, 0.5) is 5.82 Å². The summed E-state index contributed by atoms with van der Waals surface area (Å²) < 4.78 is 5.35. The second-order valence-electron chi connectivity index (χ2n) is 5.44. The highest BCUT2D eigenvalue weighted by Crippen LogP contribution is 2.29. The molecule has 0 saturated carbocycles. The molecule has 25 heavy (non-hydrogen) atoms. The molecule has 2 aromatic carbocycles. The molecule has 4 aromatic rings. The number of H-pyrrole nitrogens is 2. The van der Waals surface area contributed by atoms with Gasteiger partial charge in [-0.15, -0.1) is 0 Å². The molecule has 0 radical (unpaired) electrons. The average molecular weight is 333 g/mol. The molecule has 0 spiro atoms. The molecular weight excluding hydrogens is 318 g/mol. The van der Waals surface area contributed by atoms with Crippen LogP contribution in [0.1, 0.15) is 10.5 Å². The number of ether oxygens (including phenoxy) is 1. The fourth-order valence-electron chi connectivity index (χ4n) is 2.70. The Labute approximate surface area is 143 Å². The lowest BCUT2D eigenvalue weighted by Gasteiger charge is -2.05. The molecule has 0 saturated heterocycles. The van der Waals surface area contributed by atoms with Gasteiger partial charge in [0.05, 0.1) is 18.3 Å². The number of fused-ring (bicyclic) bond motifs is 1. The van der Waals surface area contributed by atoms with Gasteiger partial charge in [-0.25, -0.2) is 0 Å². The standard InChI is InChI=1S/C18H15N5O2/c1-25-15-9-5-3-6-11(15)14-10-16(22-21-14)19-18(24)17-12-7-2-4-8-13(12)20-23-17/h2-10H,1H3,(H,20,23)(H2,19,21,22,24). The van der Waals surface area contributed by atoms with Gasteiger partial charge in [0.25, 0.3) is 5.91 Å². The minimum absolute atomic E-state index is 0.324. The summed E-state index contributed by atoms with van der Waals surface area (Å²) in [4.78, 5) is 12.5. The highest BCUT2D eigenvalue weighted by molar-refractivity contribution is 6.10. The van der Waals surface area contributed by atoms with Crippen molar-refractivity contribution in [2.24, 2.45) is 0 Å². The van der Waals surface area contributed by atoms with Gasteiger partial charge in [0.15, 0.2) is 11.5 Å². The lowest BCUT2D eigenvalue weighted by Crippen LogP contribution is -2.13. The zero-order valence-corrected chi connectivity index (χ0v) is 13.4. The van der Waals surface area contributed by atoms with Crippen molar-refractivity contribution in [2.45, 2.75) is 0 Å². The van der Waals surface area contributed by atoms with Crippen LogP contribution in [0.3, 0.4) is 0 Å². The Morgan fingerprint density at radius 1 is 1.04 bits per heavy atom. The van der Waals surface area contributed by atoms with E-state index in [0.29, 0.717) is 11.5 Å². The van der Waals surface area contributed by atoms with Crippen LogP contribution in [0.2, 0.25) is 0 Å². The van der Waals surface area contributed by atoms with Gasteiger partial charge < -0.3 is 10.1 Å². The third-order valence-corrected chi connectivity index (χ3v) is 3.90. The molecule has 0 aliphatic heterocycles. The number of aromatic nitrogens is 4. The normalized spacial score (nSPS) is 10.8. The van der Waals surface area contributed by atoms with E-state index >= 15 is 0 Å². The highest BCUT2D eigenvalue weighted by Gasteiger charge is 2.16. The maximum Gasteiger partial charge on any atom is 0.278 e. The first-order chi connectivity index (χ1) is 12.3. The Balaban J connectivity index is 1.60. The Morgan fingerprint density at radius 2 is 1.84 bits per heavy atom. The number of amides is 1. The Hall–Kier alpha value is -3.61. The number of carbonyl (C=O) groups excluding carboxylic acids is 1. The number of para-hydroxylation sites is 2. The van der Waals surface area contributed by atoms with Crippen LogP contribution in [0.15, 0.2) is 54.6 Å². The minimum Gasteiger partial charge on any atom is -0.496 e. The summed E-state index contributed by atoms with van der Waals surface area (Å²) >= 11 is 0. The van der Waals surface area contributed by atoms with E-state index in [9.17, 15) is 4.79 Å². The van der Waals surface area contributed by atoms with Crippen LogP contribution in [0, 0.1) is 0 Å². The zero-order chi connectivity index (χ0) is 17.2. The second kappa shape index (κ2) is 6.12. The fourth-order valence-corrected chi connectivity index (χ4v) is 2.70. The van der Waals surface area contributed by atoms with Gasteiger partial charge in [0.2, 0.25) is 0 Å². The van der Waals surface area contributed by atoms with Crippen LogP contribution in [-0.2, 0) is 0 Å². The van der Waals surface area contributed by atoms with Gasteiger partial charge >= 0.3 is 0 Å². The summed E-state index contributed by atoms with van der Waals surface area (Å²) in [6.07, 6.45) is 0. The van der Waals surface area contributed by atoms with Gasteiger partial charge in [-0.2, -0.15) is 10.2 Å². The average Bonchev–Trinajstić information content (AvgIpc) is 3.28. The molecule has 0 bridgehead atoms.